The normalized spacial score (nSPS) is 11.5. The Hall–Kier alpha value is -1.05. The second-order valence-corrected chi connectivity index (χ2v) is 5.15. The van der Waals surface area contributed by atoms with Crippen LogP contribution in [0.15, 0.2) is 24.3 Å². The molecule has 3 heteroatoms. The summed E-state index contributed by atoms with van der Waals surface area (Å²) in [5.41, 5.74) is 3.06. The van der Waals surface area contributed by atoms with Crippen molar-refractivity contribution in [2.75, 3.05) is 0 Å². The summed E-state index contributed by atoms with van der Waals surface area (Å²) in [6.07, 6.45) is 1.27. The number of aliphatic carboxylic acids is 1. The van der Waals surface area contributed by atoms with E-state index in [4.69, 9.17) is 5.11 Å². The second-order valence-electron chi connectivity index (χ2n) is 3.37. The Morgan fingerprint density at radius 2 is 2.13 bits per heavy atom. The monoisotopic (exact) mass is 270 g/mol. The van der Waals surface area contributed by atoms with Gasteiger partial charge in [0.2, 0.25) is 0 Å². The van der Waals surface area contributed by atoms with Crippen molar-refractivity contribution in [2.24, 2.45) is 0 Å². The Labute approximate surface area is 96.2 Å². The van der Waals surface area contributed by atoms with Gasteiger partial charge in [0, 0.05) is 0 Å². The van der Waals surface area contributed by atoms with Gasteiger partial charge in [-0.05, 0) is 0 Å². The molecule has 1 aromatic carbocycles. The third kappa shape index (κ3) is 3.22. The summed E-state index contributed by atoms with van der Waals surface area (Å²) in [7, 11) is 0. The van der Waals surface area contributed by atoms with E-state index in [9.17, 15) is 4.79 Å². The average molecular weight is 269 g/mol. The summed E-state index contributed by atoms with van der Waals surface area (Å²) in [5, 5.41) is 8.71. The van der Waals surface area contributed by atoms with Crippen LogP contribution in [-0.2, 0) is 4.79 Å². The summed E-state index contributed by atoms with van der Waals surface area (Å²) in [4.78, 5) is 10.6. The maximum absolute atomic E-state index is 10.6. The third-order valence-corrected chi connectivity index (χ3v) is 3.79. The number of carbonyl (C=O) groups is 1. The van der Waals surface area contributed by atoms with Gasteiger partial charge in [-0.3, -0.25) is 0 Å². The van der Waals surface area contributed by atoms with Crippen LogP contribution in [-0.4, -0.2) is 26.0 Å². The van der Waals surface area contributed by atoms with Crippen LogP contribution in [0.25, 0.3) is 5.57 Å². The number of aryl methyl sites for hydroxylation is 1. The summed E-state index contributed by atoms with van der Waals surface area (Å²) in [6, 6.07) is 6.21. The molecule has 2 nitrogen and oxygen atoms in total. The van der Waals surface area contributed by atoms with Gasteiger partial charge in [0.25, 0.3) is 0 Å². The summed E-state index contributed by atoms with van der Waals surface area (Å²) < 4.78 is 1.25. The molecule has 0 amide bonds. The SMILES string of the molecule is C[Se]c1ccc(C)cc1/C(C)=C/C(=O)O. The molecule has 0 bridgehead atoms. The van der Waals surface area contributed by atoms with Crippen LogP contribution in [0.5, 0.6) is 0 Å². The van der Waals surface area contributed by atoms with Gasteiger partial charge in [0.15, 0.2) is 0 Å². The van der Waals surface area contributed by atoms with Gasteiger partial charge in [-0.2, -0.15) is 0 Å². The van der Waals surface area contributed by atoms with Crippen LogP contribution in [0.4, 0.5) is 0 Å². The third-order valence-electron chi connectivity index (χ3n) is 2.12. The second kappa shape index (κ2) is 5.15. The molecular formula is C12H14O2Se. The Morgan fingerprint density at radius 3 is 2.67 bits per heavy atom. The number of allylic oxidation sites excluding steroid dienone is 1. The molecule has 0 saturated carbocycles. The molecule has 1 N–H and O–H groups in total. The number of carboxylic acid groups (broad SMARTS) is 1. The van der Waals surface area contributed by atoms with E-state index in [0.29, 0.717) is 15.0 Å². The first-order valence-electron chi connectivity index (χ1n) is 4.61. The van der Waals surface area contributed by atoms with Crippen molar-refractivity contribution in [3.63, 3.8) is 0 Å². The first-order valence-corrected chi connectivity index (χ1v) is 7.18. The van der Waals surface area contributed by atoms with Crippen molar-refractivity contribution < 1.29 is 9.90 Å². The van der Waals surface area contributed by atoms with Crippen molar-refractivity contribution in [2.45, 2.75) is 19.7 Å². The molecule has 15 heavy (non-hydrogen) atoms. The topological polar surface area (TPSA) is 37.3 Å². The van der Waals surface area contributed by atoms with Gasteiger partial charge < -0.3 is 0 Å². The van der Waals surface area contributed by atoms with Crippen LogP contribution in [0.1, 0.15) is 18.1 Å². The molecule has 80 valence electrons. The molecule has 0 saturated heterocycles. The van der Waals surface area contributed by atoms with E-state index >= 15 is 0 Å². The molecule has 0 heterocycles. The zero-order valence-corrected chi connectivity index (χ0v) is 10.8. The molecule has 0 radical (unpaired) electrons. The van der Waals surface area contributed by atoms with Gasteiger partial charge in [-0.1, -0.05) is 0 Å². The first-order chi connectivity index (χ1) is 7.04. The van der Waals surface area contributed by atoms with Gasteiger partial charge >= 0.3 is 95.9 Å². The summed E-state index contributed by atoms with van der Waals surface area (Å²) in [6.45, 7) is 3.86. The van der Waals surface area contributed by atoms with E-state index in [0.717, 1.165) is 16.7 Å². The molecule has 0 aliphatic heterocycles. The molecule has 1 aromatic rings. The molecule has 0 unspecified atom stereocenters. The van der Waals surface area contributed by atoms with Gasteiger partial charge in [-0.15, -0.1) is 0 Å². The van der Waals surface area contributed by atoms with Crippen molar-refractivity contribution >= 4 is 31.0 Å². The van der Waals surface area contributed by atoms with Crippen LogP contribution in [0, 0.1) is 6.92 Å². The predicted molar refractivity (Wildman–Crippen MR) is 63.7 cm³/mol. The van der Waals surface area contributed by atoms with E-state index in [1.807, 2.05) is 13.8 Å². The standard InChI is InChI=1S/C12H14O2Se/c1-8-4-5-11(15-3)10(6-8)9(2)7-12(13)14/h4-7H,1-3H3,(H,13,14)/b9-7+. The molecule has 0 spiro atoms. The molecule has 0 fully saturated rings. The maximum atomic E-state index is 10.6. The fourth-order valence-electron chi connectivity index (χ4n) is 1.39. The molecule has 0 aromatic heterocycles. The number of hydrogen-bond donors (Lipinski definition) is 1. The zero-order valence-electron chi connectivity index (χ0n) is 9.07. The van der Waals surface area contributed by atoms with E-state index in [1.165, 1.54) is 10.5 Å². The Bertz CT molecular complexity index is 408. The number of carboxylic acids is 1. The van der Waals surface area contributed by atoms with Gasteiger partial charge in [0.05, 0.1) is 0 Å². The van der Waals surface area contributed by atoms with Gasteiger partial charge in [-0.25, -0.2) is 0 Å². The average Bonchev–Trinajstić information content (AvgIpc) is 2.16. The molecule has 0 aliphatic rings. The minimum absolute atomic E-state index is 0.386. The quantitative estimate of drug-likeness (QED) is 0.671. The fourth-order valence-corrected chi connectivity index (χ4v) is 2.74. The molecular weight excluding hydrogens is 255 g/mol. The van der Waals surface area contributed by atoms with E-state index in [1.54, 1.807) is 0 Å². The molecule has 0 atom stereocenters. The van der Waals surface area contributed by atoms with Gasteiger partial charge in [0.1, 0.15) is 0 Å². The van der Waals surface area contributed by atoms with Crippen molar-refractivity contribution in [3.8, 4) is 0 Å². The number of rotatable bonds is 3. The van der Waals surface area contributed by atoms with E-state index in [2.05, 4.69) is 24.0 Å². The van der Waals surface area contributed by atoms with Crippen molar-refractivity contribution in [1.29, 1.82) is 0 Å². The minimum atomic E-state index is -0.886. The fraction of sp³-hybridized carbons (Fsp3) is 0.250. The van der Waals surface area contributed by atoms with Crippen molar-refractivity contribution in [1.82, 2.24) is 0 Å². The van der Waals surface area contributed by atoms with Crippen molar-refractivity contribution in [3.05, 3.63) is 35.4 Å². The molecule has 1 rings (SSSR count). The molecule has 0 aliphatic carbocycles. The van der Waals surface area contributed by atoms with E-state index in [-0.39, 0.29) is 0 Å². The van der Waals surface area contributed by atoms with E-state index < -0.39 is 5.97 Å². The number of benzene rings is 1. The summed E-state index contributed by atoms with van der Waals surface area (Å²) >= 11 is 0.386. The Morgan fingerprint density at radius 1 is 1.47 bits per heavy atom. The van der Waals surface area contributed by atoms with Crippen LogP contribution in [0.2, 0.25) is 5.82 Å². The first kappa shape index (κ1) is 12.0. The van der Waals surface area contributed by atoms with Crippen LogP contribution < -0.4 is 4.46 Å². The number of hydrogen-bond acceptors (Lipinski definition) is 1. The van der Waals surface area contributed by atoms with Crippen LogP contribution in [0.3, 0.4) is 0 Å². The predicted octanol–water partition coefficient (Wildman–Crippen LogP) is 1.86. The Balaban J connectivity index is 3.22. The van der Waals surface area contributed by atoms with Crippen LogP contribution >= 0.6 is 0 Å². The summed E-state index contributed by atoms with van der Waals surface area (Å²) in [5.74, 6) is 1.25. The zero-order chi connectivity index (χ0) is 11.4. The Kier molecular flexibility index (Phi) is 4.13.